The molecule has 0 atom stereocenters. The van der Waals surface area contributed by atoms with Gasteiger partial charge in [-0.1, -0.05) is 37.3 Å². The van der Waals surface area contributed by atoms with Crippen molar-refractivity contribution in [2.24, 2.45) is 0 Å². The van der Waals surface area contributed by atoms with E-state index in [2.05, 4.69) is 5.32 Å². The Hall–Kier alpha value is -1.36. The summed E-state index contributed by atoms with van der Waals surface area (Å²) < 4.78 is 23.6. The van der Waals surface area contributed by atoms with E-state index in [0.717, 1.165) is 12.0 Å². The minimum absolute atomic E-state index is 0.00506. The molecule has 0 aliphatic rings. The van der Waals surface area contributed by atoms with E-state index in [0.29, 0.717) is 6.54 Å². The normalized spacial score (nSPS) is 11.2. The average molecular weight is 269 g/mol. The van der Waals surface area contributed by atoms with E-state index in [-0.39, 0.29) is 23.8 Å². The molecule has 4 nitrogen and oxygen atoms in total. The smallest absolute Gasteiger partial charge is 0.221 e. The van der Waals surface area contributed by atoms with Gasteiger partial charge in [-0.3, -0.25) is 4.79 Å². The van der Waals surface area contributed by atoms with E-state index in [1.165, 1.54) is 0 Å². The molecule has 5 heteroatoms. The average Bonchev–Trinajstić information content (AvgIpc) is 2.35. The maximum Gasteiger partial charge on any atom is 0.221 e. The minimum atomic E-state index is -3.22. The zero-order valence-electron chi connectivity index (χ0n) is 10.6. The van der Waals surface area contributed by atoms with Crippen molar-refractivity contribution in [1.82, 2.24) is 5.32 Å². The lowest BCUT2D eigenvalue weighted by molar-refractivity contribution is -0.120. The number of hydrogen-bond acceptors (Lipinski definition) is 3. The summed E-state index contributed by atoms with van der Waals surface area (Å²) >= 11 is 0. The Bertz CT molecular complexity index is 468. The van der Waals surface area contributed by atoms with Gasteiger partial charge in [-0.15, -0.1) is 0 Å². The zero-order valence-corrected chi connectivity index (χ0v) is 11.4. The number of amides is 1. The third-order valence-corrected chi connectivity index (χ3v) is 4.04. The third-order valence-electron chi connectivity index (χ3n) is 2.44. The molecule has 0 aliphatic carbocycles. The Morgan fingerprint density at radius 2 is 1.89 bits per heavy atom. The zero-order chi connectivity index (χ0) is 13.4. The Labute approximate surface area is 108 Å². The van der Waals surface area contributed by atoms with Crippen LogP contribution in [0, 0.1) is 0 Å². The van der Waals surface area contributed by atoms with E-state index in [1.54, 1.807) is 24.3 Å². The second-order valence-electron chi connectivity index (χ2n) is 4.18. The van der Waals surface area contributed by atoms with E-state index in [1.807, 2.05) is 13.0 Å². The quantitative estimate of drug-likeness (QED) is 0.816. The lowest BCUT2D eigenvalue weighted by Gasteiger charge is -2.05. The van der Waals surface area contributed by atoms with Gasteiger partial charge in [0.15, 0.2) is 9.84 Å². The first-order chi connectivity index (χ1) is 8.53. The van der Waals surface area contributed by atoms with Gasteiger partial charge >= 0.3 is 0 Å². The number of nitrogens with one attached hydrogen (secondary N) is 1. The molecule has 0 saturated carbocycles. The standard InChI is InChI=1S/C13H19NO3S/c1-2-9-14-13(15)8-10-18(16,17)11-12-6-4-3-5-7-12/h3-7H,2,8-11H2,1H3,(H,14,15). The van der Waals surface area contributed by atoms with Gasteiger partial charge in [0.2, 0.25) is 5.91 Å². The van der Waals surface area contributed by atoms with Crippen molar-refractivity contribution in [3.05, 3.63) is 35.9 Å². The minimum Gasteiger partial charge on any atom is -0.356 e. The molecule has 18 heavy (non-hydrogen) atoms. The summed E-state index contributed by atoms with van der Waals surface area (Å²) in [6.45, 7) is 2.55. The first-order valence-corrected chi connectivity index (χ1v) is 7.86. The number of benzene rings is 1. The summed E-state index contributed by atoms with van der Waals surface area (Å²) in [5.74, 6) is -0.305. The highest BCUT2D eigenvalue weighted by atomic mass is 32.2. The largest absolute Gasteiger partial charge is 0.356 e. The van der Waals surface area contributed by atoms with Crippen molar-refractivity contribution in [3.63, 3.8) is 0 Å². The first-order valence-electron chi connectivity index (χ1n) is 6.04. The van der Waals surface area contributed by atoms with Gasteiger partial charge in [-0.05, 0) is 12.0 Å². The van der Waals surface area contributed by atoms with E-state index < -0.39 is 9.84 Å². The summed E-state index contributed by atoms with van der Waals surface area (Å²) in [6.07, 6.45) is 0.887. The third kappa shape index (κ3) is 5.82. The molecule has 0 saturated heterocycles. The highest BCUT2D eigenvalue weighted by molar-refractivity contribution is 7.90. The summed E-state index contributed by atoms with van der Waals surface area (Å²) in [5.41, 5.74) is 0.756. The molecule has 0 unspecified atom stereocenters. The lowest BCUT2D eigenvalue weighted by atomic mass is 10.2. The Balaban J connectivity index is 2.43. The topological polar surface area (TPSA) is 63.2 Å². The van der Waals surface area contributed by atoms with Gasteiger partial charge in [0, 0.05) is 13.0 Å². The predicted octanol–water partition coefficient (Wildman–Crippen LogP) is 1.52. The van der Waals surface area contributed by atoms with Gasteiger partial charge in [0.1, 0.15) is 0 Å². The van der Waals surface area contributed by atoms with Crippen molar-refractivity contribution in [2.45, 2.75) is 25.5 Å². The van der Waals surface area contributed by atoms with E-state index in [9.17, 15) is 13.2 Å². The van der Waals surface area contributed by atoms with Crippen LogP contribution in [0.4, 0.5) is 0 Å². The van der Waals surface area contributed by atoms with Crippen molar-refractivity contribution in [3.8, 4) is 0 Å². The molecule has 0 bridgehead atoms. The monoisotopic (exact) mass is 269 g/mol. The van der Waals surface area contributed by atoms with Crippen LogP contribution in [0.5, 0.6) is 0 Å². The number of carbonyl (C=O) groups is 1. The van der Waals surface area contributed by atoms with Crippen LogP contribution in [-0.4, -0.2) is 26.6 Å². The molecule has 100 valence electrons. The maximum atomic E-state index is 11.8. The molecular weight excluding hydrogens is 250 g/mol. The second-order valence-corrected chi connectivity index (χ2v) is 6.36. The van der Waals surface area contributed by atoms with Crippen LogP contribution >= 0.6 is 0 Å². The van der Waals surface area contributed by atoms with E-state index in [4.69, 9.17) is 0 Å². The molecule has 1 aromatic rings. The molecule has 0 spiro atoms. The molecule has 1 aromatic carbocycles. The highest BCUT2D eigenvalue weighted by Gasteiger charge is 2.14. The summed E-state index contributed by atoms with van der Waals surface area (Å²) in [4.78, 5) is 11.3. The molecule has 1 rings (SSSR count). The van der Waals surface area contributed by atoms with Crippen LogP contribution in [0.2, 0.25) is 0 Å². The van der Waals surface area contributed by atoms with Gasteiger partial charge < -0.3 is 5.32 Å². The molecule has 1 amide bonds. The number of carbonyl (C=O) groups excluding carboxylic acids is 1. The van der Waals surface area contributed by atoms with Gasteiger partial charge in [-0.25, -0.2) is 8.42 Å². The van der Waals surface area contributed by atoms with Crippen LogP contribution in [-0.2, 0) is 20.4 Å². The second kappa shape index (κ2) is 7.16. The first kappa shape index (κ1) is 14.7. The molecule has 0 aliphatic heterocycles. The van der Waals surface area contributed by atoms with Gasteiger partial charge in [0.05, 0.1) is 11.5 Å². The van der Waals surface area contributed by atoms with Gasteiger partial charge in [-0.2, -0.15) is 0 Å². The number of rotatable bonds is 7. The fourth-order valence-electron chi connectivity index (χ4n) is 1.50. The SMILES string of the molecule is CCCNC(=O)CCS(=O)(=O)Cc1ccccc1. The molecule has 1 N–H and O–H groups in total. The molecule has 0 aromatic heterocycles. The fourth-order valence-corrected chi connectivity index (χ4v) is 2.84. The van der Waals surface area contributed by atoms with Crippen LogP contribution in [0.15, 0.2) is 30.3 Å². The summed E-state index contributed by atoms with van der Waals surface area (Å²) in [5, 5.41) is 2.67. The Morgan fingerprint density at radius 3 is 2.50 bits per heavy atom. The van der Waals surface area contributed by atoms with Crippen LogP contribution in [0.1, 0.15) is 25.3 Å². The predicted molar refractivity (Wildman–Crippen MR) is 71.9 cm³/mol. The maximum absolute atomic E-state index is 11.8. The molecule has 0 radical (unpaired) electrons. The lowest BCUT2D eigenvalue weighted by Crippen LogP contribution is -2.26. The van der Waals surface area contributed by atoms with Crippen LogP contribution in [0.3, 0.4) is 0 Å². The van der Waals surface area contributed by atoms with Crippen molar-refractivity contribution >= 4 is 15.7 Å². The van der Waals surface area contributed by atoms with Crippen LogP contribution < -0.4 is 5.32 Å². The molecule has 0 fully saturated rings. The van der Waals surface area contributed by atoms with Gasteiger partial charge in [0.25, 0.3) is 0 Å². The summed E-state index contributed by atoms with van der Waals surface area (Å²) in [7, 11) is -3.22. The van der Waals surface area contributed by atoms with Crippen molar-refractivity contribution in [1.29, 1.82) is 0 Å². The highest BCUT2D eigenvalue weighted by Crippen LogP contribution is 2.07. The number of sulfone groups is 1. The van der Waals surface area contributed by atoms with Crippen molar-refractivity contribution < 1.29 is 13.2 Å². The van der Waals surface area contributed by atoms with Crippen LogP contribution in [0.25, 0.3) is 0 Å². The molecule has 0 heterocycles. The summed E-state index contributed by atoms with van der Waals surface area (Å²) in [6, 6.07) is 9.00. The molecular formula is C13H19NO3S. The fraction of sp³-hybridized carbons (Fsp3) is 0.462. The Morgan fingerprint density at radius 1 is 1.22 bits per heavy atom. The Kier molecular flexibility index (Phi) is 5.85. The number of hydrogen-bond donors (Lipinski definition) is 1. The van der Waals surface area contributed by atoms with E-state index >= 15 is 0 Å². The van der Waals surface area contributed by atoms with Crippen molar-refractivity contribution in [2.75, 3.05) is 12.3 Å².